The molecule has 5 nitrogen and oxygen atoms in total. The third-order valence-electron chi connectivity index (χ3n) is 1.95. The van der Waals surface area contributed by atoms with Crippen molar-refractivity contribution in [1.29, 1.82) is 0 Å². The van der Waals surface area contributed by atoms with Crippen LogP contribution >= 0.6 is 0 Å². The van der Waals surface area contributed by atoms with Gasteiger partial charge < -0.3 is 14.3 Å². The maximum atomic E-state index is 8.88. The molecule has 0 amide bonds. The van der Waals surface area contributed by atoms with Gasteiger partial charge in [-0.2, -0.15) is 9.97 Å². The Labute approximate surface area is 80.3 Å². The monoisotopic (exact) mass is 194 g/mol. The van der Waals surface area contributed by atoms with Crippen molar-refractivity contribution in [2.75, 3.05) is 7.11 Å². The molecule has 0 saturated carbocycles. The zero-order chi connectivity index (χ0) is 10.1. The zero-order valence-electron chi connectivity index (χ0n) is 7.94. The summed E-state index contributed by atoms with van der Waals surface area (Å²) in [6, 6.07) is 2.00. The molecule has 0 aliphatic carbocycles. The van der Waals surface area contributed by atoms with E-state index < -0.39 is 0 Å². The number of methoxy groups -OCH3 is 1. The van der Waals surface area contributed by atoms with Gasteiger partial charge in [0.1, 0.15) is 12.4 Å². The number of aliphatic hydroxyl groups excluding tert-OH is 1. The van der Waals surface area contributed by atoms with E-state index in [1.807, 2.05) is 6.92 Å². The lowest BCUT2D eigenvalue weighted by molar-refractivity contribution is 0.250. The van der Waals surface area contributed by atoms with E-state index in [1.165, 1.54) is 7.11 Å². The number of ether oxygens (including phenoxy) is 1. The Hall–Kier alpha value is -1.62. The smallest absolute Gasteiger partial charge is 0.319 e. The van der Waals surface area contributed by atoms with Crippen molar-refractivity contribution in [3.63, 3.8) is 0 Å². The van der Waals surface area contributed by atoms with Crippen LogP contribution in [0.4, 0.5) is 0 Å². The summed E-state index contributed by atoms with van der Waals surface area (Å²) < 4.78 is 10.2. The van der Waals surface area contributed by atoms with Gasteiger partial charge >= 0.3 is 6.01 Å². The first-order valence-corrected chi connectivity index (χ1v) is 4.16. The van der Waals surface area contributed by atoms with E-state index in [0.717, 1.165) is 11.1 Å². The first-order chi connectivity index (χ1) is 6.74. The standard InChI is InChI=1S/C9H10N2O3/c1-5-7-3-6(4-12)14-8(7)11-9(10-5)13-2/h3,12H,4H2,1-2H3. The highest BCUT2D eigenvalue weighted by Crippen LogP contribution is 2.21. The van der Waals surface area contributed by atoms with Crippen molar-refractivity contribution in [2.24, 2.45) is 0 Å². The predicted octanol–water partition coefficient (Wildman–Crippen LogP) is 1.03. The fraction of sp³-hybridized carbons (Fsp3) is 0.333. The summed E-state index contributed by atoms with van der Waals surface area (Å²) in [5.41, 5.74) is 1.22. The molecule has 14 heavy (non-hydrogen) atoms. The second kappa shape index (κ2) is 3.26. The highest BCUT2D eigenvalue weighted by Gasteiger charge is 2.09. The van der Waals surface area contributed by atoms with Gasteiger partial charge in [0.25, 0.3) is 0 Å². The third kappa shape index (κ3) is 1.31. The van der Waals surface area contributed by atoms with Crippen LogP contribution in [0.3, 0.4) is 0 Å². The molecule has 0 atom stereocenters. The average Bonchev–Trinajstić information content (AvgIpc) is 2.61. The molecule has 0 spiro atoms. The maximum absolute atomic E-state index is 8.88. The third-order valence-corrected chi connectivity index (χ3v) is 1.95. The molecule has 2 aromatic heterocycles. The van der Waals surface area contributed by atoms with E-state index in [4.69, 9.17) is 14.3 Å². The summed E-state index contributed by atoms with van der Waals surface area (Å²) in [7, 11) is 1.50. The first-order valence-electron chi connectivity index (χ1n) is 4.16. The second-order valence-electron chi connectivity index (χ2n) is 2.89. The van der Waals surface area contributed by atoms with Crippen LogP contribution in [0, 0.1) is 6.92 Å². The molecule has 5 heteroatoms. The number of rotatable bonds is 2. The van der Waals surface area contributed by atoms with Gasteiger partial charge in [-0.15, -0.1) is 0 Å². The lowest BCUT2D eigenvalue weighted by atomic mass is 10.3. The van der Waals surface area contributed by atoms with Gasteiger partial charge in [0, 0.05) is 0 Å². The largest absolute Gasteiger partial charge is 0.467 e. The molecule has 2 heterocycles. The van der Waals surface area contributed by atoms with Crippen molar-refractivity contribution in [3.8, 4) is 6.01 Å². The van der Waals surface area contributed by atoms with Gasteiger partial charge in [-0.05, 0) is 13.0 Å². The number of furan rings is 1. The van der Waals surface area contributed by atoms with E-state index in [2.05, 4.69) is 9.97 Å². The van der Waals surface area contributed by atoms with Crippen LogP contribution in [-0.2, 0) is 6.61 Å². The Morgan fingerprint density at radius 2 is 2.29 bits per heavy atom. The summed E-state index contributed by atoms with van der Waals surface area (Å²) in [5.74, 6) is 0.477. The van der Waals surface area contributed by atoms with Crippen LogP contribution in [0.5, 0.6) is 6.01 Å². The van der Waals surface area contributed by atoms with Crippen molar-refractivity contribution in [2.45, 2.75) is 13.5 Å². The summed E-state index contributed by atoms with van der Waals surface area (Å²) >= 11 is 0. The van der Waals surface area contributed by atoms with Crippen molar-refractivity contribution >= 4 is 11.1 Å². The van der Waals surface area contributed by atoms with Crippen molar-refractivity contribution in [3.05, 3.63) is 17.5 Å². The molecule has 0 radical (unpaired) electrons. The fourth-order valence-corrected chi connectivity index (χ4v) is 1.26. The first kappa shape index (κ1) is 8.96. The van der Waals surface area contributed by atoms with Gasteiger partial charge in [-0.25, -0.2) is 0 Å². The molecule has 74 valence electrons. The average molecular weight is 194 g/mol. The molecule has 0 fully saturated rings. The van der Waals surface area contributed by atoms with Gasteiger partial charge in [0.2, 0.25) is 5.71 Å². The number of aromatic nitrogens is 2. The highest BCUT2D eigenvalue weighted by atomic mass is 16.5. The normalized spacial score (nSPS) is 10.8. The molecule has 2 aromatic rings. The Bertz CT molecular complexity index is 464. The minimum atomic E-state index is -0.141. The van der Waals surface area contributed by atoms with Gasteiger partial charge in [0.15, 0.2) is 0 Å². The minimum Gasteiger partial charge on any atom is -0.467 e. The summed E-state index contributed by atoms with van der Waals surface area (Å²) in [5, 5.41) is 9.68. The fourth-order valence-electron chi connectivity index (χ4n) is 1.26. The molecule has 0 aromatic carbocycles. The number of hydrogen-bond acceptors (Lipinski definition) is 5. The number of nitrogens with zero attached hydrogens (tertiary/aromatic N) is 2. The van der Waals surface area contributed by atoms with Gasteiger partial charge in [-0.3, -0.25) is 0 Å². The van der Waals surface area contributed by atoms with E-state index in [0.29, 0.717) is 11.5 Å². The number of aliphatic hydroxyl groups is 1. The lowest BCUT2D eigenvalue weighted by Gasteiger charge is -1.98. The number of fused-ring (bicyclic) bond motifs is 1. The number of aryl methyl sites for hydroxylation is 1. The molecular weight excluding hydrogens is 184 g/mol. The van der Waals surface area contributed by atoms with E-state index in [1.54, 1.807) is 6.07 Å². The topological polar surface area (TPSA) is 68.4 Å². The van der Waals surface area contributed by atoms with Crippen LogP contribution in [0.25, 0.3) is 11.1 Å². The SMILES string of the molecule is COc1nc(C)c2cc(CO)oc2n1. The molecule has 0 bridgehead atoms. The Kier molecular flexibility index (Phi) is 2.09. The van der Waals surface area contributed by atoms with Gasteiger partial charge in [-0.1, -0.05) is 0 Å². The summed E-state index contributed by atoms with van der Waals surface area (Å²) in [6.45, 7) is 1.70. The molecule has 0 aliphatic rings. The molecule has 0 aliphatic heterocycles. The van der Waals surface area contributed by atoms with E-state index in [-0.39, 0.29) is 12.6 Å². The quantitative estimate of drug-likeness (QED) is 0.773. The second-order valence-corrected chi connectivity index (χ2v) is 2.89. The van der Waals surface area contributed by atoms with E-state index in [9.17, 15) is 0 Å². The van der Waals surface area contributed by atoms with Crippen LogP contribution in [0.1, 0.15) is 11.5 Å². The Balaban J connectivity index is 2.67. The van der Waals surface area contributed by atoms with Crippen molar-refractivity contribution < 1.29 is 14.3 Å². The Morgan fingerprint density at radius 3 is 2.93 bits per heavy atom. The van der Waals surface area contributed by atoms with Crippen LogP contribution in [-0.4, -0.2) is 22.2 Å². The highest BCUT2D eigenvalue weighted by molar-refractivity contribution is 5.76. The predicted molar refractivity (Wildman–Crippen MR) is 49.0 cm³/mol. The number of hydrogen-bond donors (Lipinski definition) is 1. The summed E-state index contributed by atoms with van der Waals surface area (Å²) in [4.78, 5) is 8.10. The van der Waals surface area contributed by atoms with E-state index >= 15 is 0 Å². The molecule has 0 unspecified atom stereocenters. The van der Waals surface area contributed by atoms with Gasteiger partial charge in [0.05, 0.1) is 18.2 Å². The lowest BCUT2D eigenvalue weighted by Crippen LogP contribution is -1.93. The molecule has 0 saturated heterocycles. The molecule has 2 rings (SSSR count). The minimum absolute atomic E-state index is 0.141. The van der Waals surface area contributed by atoms with Crippen LogP contribution < -0.4 is 4.74 Å². The summed E-state index contributed by atoms with van der Waals surface area (Å²) in [6.07, 6.45) is 0. The molecule has 1 N–H and O–H groups in total. The van der Waals surface area contributed by atoms with Crippen LogP contribution in [0.2, 0.25) is 0 Å². The maximum Gasteiger partial charge on any atom is 0.319 e. The zero-order valence-corrected chi connectivity index (χ0v) is 7.94. The van der Waals surface area contributed by atoms with Crippen LogP contribution in [0.15, 0.2) is 10.5 Å². The molecular formula is C9H10N2O3. The van der Waals surface area contributed by atoms with Crippen molar-refractivity contribution in [1.82, 2.24) is 9.97 Å². The Morgan fingerprint density at radius 1 is 1.50 bits per heavy atom.